The maximum absolute atomic E-state index is 12.3. The summed E-state index contributed by atoms with van der Waals surface area (Å²) in [6.45, 7) is 4.31. The van der Waals surface area contributed by atoms with Gasteiger partial charge in [-0.2, -0.15) is 0 Å². The highest BCUT2D eigenvalue weighted by atomic mass is 79.9. The van der Waals surface area contributed by atoms with Crippen LogP contribution in [0.1, 0.15) is 27.7 Å². The third kappa shape index (κ3) is 4.31. The second-order valence-corrected chi connectivity index (χ2v) is 6.25. The van der Waals surface area contributed by atoms with Gasteiger partial charge in [0, 0.05) is 20.8 Å². The average molecular weight is 410 g/mol. The molecule has 9 nitrogen and oxygen atoms in total. The maximum atomic E-state index is 12.3. The number of ketones is 1. The second-order valence-electron chi connectivity index (χ2n) is 5.42. The second kappa shape index (κ2) is 8.04. The van der Waals surface area contributed by atoms with Crippen LogP contribution in [0.15, 0.2) is 0 Å². The summed E-state index contributed by atoms with van der Waals surface area (Å²) in [6.07, 6.45) is -4.02. The van der Waals surface area contributed by atoms with Gasteiger partial charge < -0.3 is 24.6 Å². The monoisotopic (exact) mass is 409 g/mol. The molecule has 5 atom stereocenters. The summed E-state index contributed by atoms with van der Waals surface area (Å²) in [6, 6.07) is 0. The van der Waals surface area contributed by atoms with Gasteiger partial charge in [-0.1, -0.05) is 15.9 Å². The van der Waals surface area contributed by atoms with Crippen LogP contribution in [0.5, 0.6) is 0 Å². The Bertz CT molecular complexity index is 539. The van der Waals surface area contributed by atoms with Crippen LogP contribution >= 0.6 is 15.9 Å². The Labute approximate surface area is 147 Å². The van der Waals surface area contributed by atoms with Gasteiger partial charge in [0.1, 0.15) is 23.8 Å². The molecule has 1 aliphatic rings. The molecule has 0 spiro atoms. The van der Waals surface area contributed by atoms with Crippen LogP contribution in [-0.2, 0) is 33.4 Å². The molecule has 1 fully saturated rings. The van der Waals surface area contributed by atoms with Crippen molar-refractivity contribution in [2.75, 3.05) is 6.61 Å². The molecule has 1 rings (SSSR count). The van der Waals surface area contributed by atoms with E-state index >= 15 is 0 Å². The molecule has 1 aliphatic heterocycles. The van der Waals surface area contributed by atoms with Gasteiger partial charge in [-0.3, -0.25) is 19.2 Å². The van der Waals surface area contributed by atoms with Gasteiger partial charge in [-0.15, -0.1) is 0 Å². The zero-order chi connectivity index (χ0) is 18.7. The van der Waals surface area contributed by atoms with E-state index in [-0.39, 0.29) is 6.61 Å². The minimum absolute atomic E-state index is 0.315. The Morgan fingerprint density at radius 2 is 1.75 bits per heavy atom. The van der Waals surface area contributed by atoms with E-state index in [9.17, 15) is 24.3 Å². The number of amides is 1. The predicted molar refractivity (Wildman–Crippen MR) is 83.0 cm³/mol. The van der Waals surface area contributed by atoms with Gasteiger partial charge in [-0.05, 0) is 6.92 Å². The van der Waals surface area contributed by atoms with Gasteiger partial charge in [0.2, 0.25) is 5.91 Å². The van der Waals surface area contributed by atoms with Crippen molar-refractivity contribution in [2.24, 2.45) is 0 Å². The first-order valence-electron chi connectivity index (χ1n) is 7.10. The zero-order valence-corrected chi connectivity index (χ0v) is 15.3. The number of hydrogen-bond acceptors (Lipinski definition) is 8. The summed E-state index contributed by atoms with van der Waals surface area (Å²) in [4.78, 5) is 46.2. The number of rotatable bonds is 5. The molecule has 0 aromatic heterocycles. The van der Waals surface area contributed by atoms with Crippen LogP contribution in [0.3, 0.4) is 0 Å². The number of carbonyl (C=O) groups excluding carboxylic acids is 4. The van der Waals surface area contributed by atoms with Crippen molar-refractivity contribution in [3.63, 3.8) is 0 Å². The lowest BCUT2D eigenvalue weighted by Crippen LogP contribution is -2.75. The molecule has 1 saturated heterocycles. The molecule has 10 heteroatoms. The third-order valence-corrected chi connectivity index (χ3v) is 4.44. The number of esters is 2. The highest BCUT2D eigenvalue weighted by Gasteiger charge is 2.61. The highest BCUT2D eigenvalue weighted by Crippen LogP contribution is 2.36. The van der Waals surface area contributed by atoms with Crippen molar-refractivity contribution >= 4 is 39.6 Å². The van der Waals surface area contributed by atoms with E-state index in [2.05, 4.69) is 21.2 Å². The van der Waals surface area contributed by atoms with Crippen molar-refractivity contribution in [3.8, 4) is 0 Å². The minimum Gasteiger partial charge on any atom is -0.463 e. The van der Waals surface area contributed by atoms with E-state index in [1.165, 1.54) is 20.8 Å². The smallest absolute Gasteiger partial charge is 0.303 e. The van der Waals surface area contributed by atoms with Gasteiger partial charge in [-0.25, -0.2) is 0 Å². The lowest BCUT2D eigenvalue weighted by molar-refractivity contribution is -0.216. The summed E-state index contributed by atoms with van der Waals surface area (Å²) in [5, 5.41) is 11.8. The molecule has 1 heterocycles. The van der Waals surface area contributed by atoms with Crippen molar-refractivity contribution in [2.45, 2.75) is 56.6 Å². The molecule has 0 aliphatic carbocycles. The molecule has 0 bridgehead atoms. The topological polar surface area (TPSA) is 128 Å². The first-order valence-corrected chi connectivity index (χ1v) is 8.01. The summed E-state index contributed by atoms with van der Waals surface area (Å²) < 4.78 is 15.4. The number of nitrogens with one attached hydrogen (secondary N) is 1. The number of ether oxygens (including phenoxy) is 3. The van der Waals surface area contributed by atoms with Crippen molar-refractivity contribution in [1.29, 1.82) is 0 Å². The van der Waals surface area contributed by atoms with Crippen LogP contribution in [0, 0.1) is 0 Å². The molecule has 0 unspecified atom stereocenters. The van der Waals surface area contributed by atoms with Crippen molar-refractivity contribution in [1.82, 2.24) is 5.32 Å². The van der Waals surface area contributed by atoms with Gasteiger partial charge in [0.25, 0.3) is 0 Å². The molecule has 136 valence electrons. The van der Waals surface area contributed by atoms with E-state index in [1.54, 1.807) is 0 Å². The summed E-state index contributed by atoms with van der Waals surface area (Å²) in [5.74, 6) is -2.52. The summed E-state index contributed by atoms with van der Waals surface area (Å²) >= 11 is 3.15. The molecule has 2 N–H and O–H groups in total. The summed E-state index contributed by atoms with van der Waals surface area (Å²) in [7, 11) is 0. The van der Waals surface area contributed by atoms with Crippen LogP contribution in [-0.4, -0.2) is 64.2 Å². The Balaban J connectivity index is 3.26. The molecular formula is C14H20BrNO8. The fourth-order valence-corrected chi connectivity index (χ4v) is 3.46. The van der Waals surface area contributed by atoms with Crippen LogP contribution < -0.4 is 5.32 Å². The number of alkyl halides is 1. The normalized spacial score (nSPS) is 32.6. The van der Waals surface area contributed by atoms with Gasteiger partial charge in [0.05, 0.1) is 0 Å². The van der Waals surface area contributed by atoms with Gasteiger partial charge in [0.15, 0.2) is 17.4 Å². The lowest BCUT2D eigenvalue weighted by atomic mass is 9.81. The predicted octanol–water partition coefficient (Wildman–Crippen LogP) is -0.574. The molecule has 0 aromatic rings. The summed E-state index contributed by atoms with van der Waals surface area (Å²) in [5.41, 5.74) is -1.83. The minimum atomic E-state index is -1.83. The Kier molecular flexibility index (Phi) is 6.87. The van der Waals surface area contributed by atoms with E-state index < -0.39 is 52.5 Å². The average Bonchev–Trinajstić information content (AvgIpc) is 2.43. The highest BCUT2D eigenvalue weighted by molar-refractivity contribution is 9.09. The molecule has 24 heavy (non-hydrogen) atoms. The molecule has 1 amide bonds. The molecule has 0 radical (unpaired) electrons. The lowest BCUT2D eigenvalue weighted by Gasteiger charge is -2.49. The number of Topliss-reactive ketones (excluding diaryl/α,β-unsaturated/α-hetero) is 1. The Morgan fingerprint density at radius 3 is 2.17 bits per heavy atom. The first-order chi connectivity index (χ1) is 11.0. The molecular weight excluding hydrogens is 390 g/mol. The zero-order valence-electron chi connectivity index (χ0n) is 13.7. The fraction of sp³-hybridized carbons (Fsp3) is 0.714. The van der Waals surface area contributed by atoms with E-state index in [1.807, 2.05) is 0 Å². The Morgan fingerprint density at radius 1 is 1.17 bits per heavy atom. The number of halogens is 1. The third-order valence-electron chi connectivity index (χ3n) is 3.50. The van der Waals surface area contributed by atoms with E-state index in [0.29, 0.717) is 0 Å². The van der Waals surface area contributed by atoms with E-state index in [0.717, 1.165) is 6.92 Å². The number of aliphatic hydroxyl groups is 1. The number of aliphatic hydroxyl groups excluding tert-OH is 1. The fourth-order valence-electron chi connectivity index (χ4n) is 2.48. The number of carbonyl (C=O) groups is 4. The SMILES string of the molecule is CC(=O)N[C@@]1(C(C)=O)[C@@H](Br)O[C@H](COC(C)=O)[C@@H](O)[C@@H]1OC(C)=O. The maximum Gasteiger partial charge on any atom is 0.303 e. The van der Waals surface area contributed by atoms with Crippen LogP contribution in [0.2, 0.25) is 0 Å². The standard InChI is InChI=1S/C14H20BrNO8/c1-6(17)14(16-7(2)18)12(23-9(4)20)11(21)10(24-13(14)15)5-22-8(3)19/h10-13,21H,5H2,1-4H3,(H,16,18)/t10-,11-,12+,13+,14-/m1/s1. The van der Waals surface area contributed by atoms with Gasteiger partial charge >= 0.3 is 11.9 Å². The van der Waals surface area contributed by atoms with Crippen LogP contribution in [0.4, 0.5) is 0 Å². The van der Waals surface area contributed by atoms with Crippen molar-refractivity contribution < 1.29 is 38.5 Å². The number of hydrogen-bond donors (Lipinski definition) is 2. The Hall–Kier alpha value is -1.52. The first kappa shape index (κ1) is 20.5. The molecule has 0 aromatic carbocycles. The molecule has 0 saturated carbocycles. The largest absolute Gasteiger partial charge is 0.463 e. The quantitative estimate of drug-likeness (QED) is 0.456. The van der Waals surface area contributed by atoms with E-state index in [4.69, 9.17) is 14.2 Å². The van der Waals surface area contributed by atoms with Crippen molar-refractivity contribution in [3.05, 3.63) is 0 Å². The van der Waals surface area contributed by atoms with Crippen LogP contribution in [0.25, 0.3) is 0 Å².